The summed E-state index contributed by atoms with van der Waals surface area (Å²) in [5.74, 6) is 2.34. The number of hydrogen-bond donors (Lipinski definition) is 3. The molecule has 3 N–H and O–H groups in total. The molecule has 0 spiro atoms. The fourth-order valence-electron chi connectivity index (χ4n) is 4.29. The van der Waals surface area contributed by atoms with Crippen LogP contribution in [0.1, 0.15) is 55.5 Å². The van der Waals surface area contributed by atoms with E-state index in [1.165, 1.54) is 11.8 Å². The lowest BCUT2D eigenvalue weighted by Crippen LogP contribution is -2.50. The summed E-state index contributed by atoms with van der Waals surface area (Å²) in [7, 11) is 2.23. The van der Waals surface area contributed by atoms with Crippen LogP contribution in [0.5, 0.6) is 0 Å². The quantitative estimate of drug-likeness (QED) is 0.310. The lowest BCUT2D eigenvalue weighted by molar-refractivity contribution is -0.115. The number of amides is 1. The number of rotatable bonds is 8. The number of carbonyl (C=O) groups is 1. The molecule has 2 aromatic heterocycles. The summed E-state index contributed by atoms with van der Waals surface area (Å²) in [6.07, 6.45) is 2.63. The second-order valence-corrected chi connectivity index (χ2v) is 11.5. The van der Waals surface area contributed by atoms with Gasteiger partial charge in [0.25, 0.3) is 0 Å². The van der Waals surface area contributed by atoms with Gasteiger partial charge in [-0.25, -0.2) is 9.97 Å². The third-order valence-corrected chi connectivity index (χ3v) is 7.59. The van der Waals surface area contributed by atoms with Gasteiger partial charge in [0, 0.05) is 62.4 Å². The number of H-pyrrole nitrogens is 1. The lowest BCUT2D eigenvalue weighted by atomic mass is 9.97. The number of aromatic nitrogens is 4. The fourth-order valence-corrected chi connectivity index (χ4v) is 5.06. The summed E-state index contributed by atoms with van der Waals surface area (Å²) >= 11 is 1.50. The first-order chi connectivity index (χ1) is 17.6. The molecular weight excluding hydrogens is 484 g/mol. The van der Waals surface area contributed by atoms with Crippen molar-refractivity contribution < 1.29 is 7.65 Å². The highest BCUT2D eigenvalue weighted by molar-refractivity contribution is 7.99. The van der Waals surface area contributed by atoms with Gasteiger partial charge >= 0.3 is 0 Å². The molecule has 4 rings (SSSR count). The molecule has 0 radical (unpaired) electrons. The third-order valence-electron chi connectivity index (χ3n) is 6.72. The number of hydrogen-bond acceptors (Lipinski definition) is 8. The van der Waals surface area contributed by atoms with Crippen LogP contribution < -0.4 is 15.5 Å². The molecule has 3 heterocycles. The van der Waals surface area contributed by atoms with Gasteiger partial charge in [-0.1, -0.05) is 6.92 Å². The van der Waals surface area contributed by atoms with Crippen LogP contribution in [-0.2, 0) is 4.79 Å². The van der Waals surface area contributed by atoms with E-state index in [2.05, 4.69) is 58.4 Å². The van der Waals surface area contributed by atoms with E-state index in [0.717, 1.165) is 53.8 Å². The minimum absolute atomic E-state index is 0. The van der Waals surface area contributed by atoms with Crippen molar-refractivity contribution in [2.45, 2.75) is 75.5 Å². The minimum Gasteiger partial charge on any atom is -0.356 e. The van der Waals surface area contributed by atoms with Crippen LogP contribution in [0.25, 0.3) is 0 Å². The smallest absolute Gasteiger partial charge is 0.224 e. The zero-order chi connectivity index (χ0) is 26.6. The molecule has 1 amide bonds. The average Bonchev–Trinajstić information content (AvgIpc) is 3.28. The van der Waals surface area contributed by atoms with Crippen LogP contribution in [0.4, 0.5) is 23.1 Å². The molecule has 0 bridgehead atoms. The summed E-state index contributed by atoms with van der Waals surface area (Å²) in [6, 6.07) is 12.3. The molecule has 0 saturated carbocycles. The predicted octanol–water partition coefficient (Wildman–Crippen LogP) is 5.94. The molecule has 3 aromatic rings. The van der Waals surface area contributed by atoms with Crippen molar-refractivity contribution in [2.24, 2.45) is 0 Å². The van der Waals surface area contributed by atoms with E-state index in [4.69, 9.17) is 9.97 Å². The Bertz CT molecular complexity index is 1210. The summed E-state index contributed by atoms with van der Waals surface area (Å²) in [4.78, 5) is 27.2. The number of aromatic amines is 1. The van der Waals surface area contributed by atoms with Gasteiger partial charge in [0.2, 0.25) is 5.91 Å². The summed E-state index contributed by atoms with van der Waals surface area (Å²) in [5, 5.41) is 14.1. The first-order valence-electron chi connectivity index (χ1n) is 12.8. The monoisotopic (exact) mass is 526 g/mol. The maximum absolute atomic E-state index is 11.7. The lowest BCUT2D eigenvalue weighted by Gasteiger charge is -2.43. The Morgan fingerprint density at radius 1 is 1.16 bits per heavy atom. The largest absolute Gasteiger partial charge is 0.356 e. The van der Waals surface area contributed by atoms with E-state index in [0.29, 0.717) is 23.4 Å². The molecule has 1 aliphatic rings. The molecule has 10 heteroatoms. The van der Waals surface area contributed by atoms with Gasteiger partial charge in [0.05, 0.1) is 0 Å². The van der Waals surface area contributed by atoms with E-state index in [-0.39, 0.29) is 14.3 Å². The molecule has 37 heavy (non-hydrogen) atoms. The van der Waals surface area contributed by atoms with E-state index in [1.807, 2.05) is 50.2 Å². The molecule has 0 unspecified atom stereocenters. The standard InChI is InChI=1S/C27H38N8OS.2H2/c1-7-25(36)28-19-8-10-21(11-9-19)37-26-30-22(29-23-16-18(2)32-33-23)17-24(31-26)35-14-12-20(13-15-35)34(6)27(3,4)5;;/h8-11,16-17,20H,7,12-15H2,1-6H3,(H,28,36)(H2,29,30,31,32,33);2*1H. The molecule has 0 aliphatic carbocycles. The average molecular weight is 527 g/mol. The van der Waals surface area contributed by atoms with Gasteiger partial charge in [-0.2, -0.15) is 5.10 Å². The Morgan fingerprint density at radius 3 is 2.46 bits per heavy atom. The van der Waals surface area contributed by atoms with E-state index in [9.17, 15) is 4.79 Å². The van der Waals surface area contributed by atoms with Gasteiger partial charge in [0.1, 0.15) is 11.6 Å². The van der Waals surface area contributed by atoms with Crippen LogP contribution in [0.15, 0.2) is 46.5 Å². The van der Waals surface area contributed by atoms with Crippen molar-refractivity contribution >= 4 is 40.8 Å². The van der Waals surface area contributed by atoms with Crippen molar-refractivity contribution in [3.05, 3.63) is 42.1 Å². The van der Waals surface area contributed by atoms with Crippen molar-refractivity contribution in [1.82, 2.24) is 25.1 Å². The topological polar surface area (TPSA) is 102 Å². The van der Waals surface area contributed by atoms with Gasteiger partial charge in [-0.05, 0) is 83.6 Å². The number of anilines is 4. The van der Waals surface area contributed by atoms with Gasteiger partial charge in [-0.3, -0.25) is 14.8 Å². The Kier molecular flexibility index (Phi) is 8.39. The van der Waals surface area contributed by atoms with Crippen molar-refractivity contribution in [1.29, 1.82) is 0 Å². The van der Waals surface area contributed by atoms with Crippen LogP contribution in [0.3, 0.4) is 0 Å². The summed E-state index contributed by atoms with van der Waals surface area (Å²) in [5.41, 5.74) is 1.91. The Balaban J connectivity index is 0.00000267. The first kappa shape index (κ1) is 26.9. The molecule has 1 aromatic carbocycles. The Hall–Kier alpha value is -3.11. The number of carbonyl (C=O) groups excluding carboxylic acids is 1. The molecule has 1 saturated heterocycles. The zero-order valence-electron chi connectivity index (χ0n) is 22.6. The van der Waals surface area contributed by atoms with Crippen molar-refractivity contribution in [3.63, 3.8) is 0 Å². The Labute approximate surface area is 226 Å². The second kappa shape index (κ2) is 11.5. The zero-order valence-corrected chi connectivity index (χ0v) is 23.4. The van der Waals surface area contributed by atoms with Crippen LogP contribution in [0, 0.1) is 6.92 Å². The first-order valence-corrected chi connectivity index (χ1v) is 13.7. The predicted molar refractivity (Wildman–Crippen MR) is 155 cm³/mol. The van der Waals surface area contributed by atoms with Gasteiger partial charge in [-0.15, -0.1) is 0 Å². The number of benzene rings is 1. The summed E-state index contributed by atoms with van der Waals surface area (Å²) in [6.45, 7) is 12.5. The molecule has 1 aliphatic heterocycles. The number of nitrogens with one attached hydrogen (secondary N) is 3. The maximum Gasteiger partial charge on any atom is 0.224 e. The van der Waals surface area contributed by atoms with E-state index < -0.39 is 0 Å². The third kappa shape index (κ3) is 7.23. The van der Waals surface area contributed by atoms with Gasteiger partial charge < -0.3 is 15.5 Å². The minimum atomic E-state index is -0.00165. The normalized spacial score (nSPS) is 14.7. The van der Waals surface area contributed by atoms with E-state index >= 15 is 0 Å². The van der Waals surface area contributed by atoms with Crippen molar-refractivity contribution in [3.8, 4) is 0 Å². The van der Waals surface area contributed by atoms with Crippen LogP contribution >= 0.6 is 11.8 Å². The highest BCUT2D eigenvalue weighted by atomic mass is 32.2. The van der Waals surface area contributed by atoms with Crippen LogP contribution in [-0.4, -0.2) is 62.7 Å². The second-order valence-electron chi connectivity index (χ2n) is 10.5. The number of piperidine rings is 1. The number of aryl methyl sites for hydroxylation is 1. The van der Waals surface area contributed by atoms with E-state index in [1.54, 1.807) is 0 Å². The molecule has 9 nitrogen and oxygen atoms in total. The Morgan fingerprint density at radius 2 is 1.86 bits per heavy atom. The van der Waals surface area contributed by atoms with Crippen molar-refractivity contribution in [2.75, 3.05) is 35.7 Å². The number of nitrogens with zero attached hydrogens (tertiary/aromatic N) is 5. The highest BCUT2D eigenvalue weighted by Gasteiger charge is 2.29. The van der Waals surface area contributed by atoms with Gasteiger partial charge in [0.15, 0.2) is 11.0 Å². The molecule has 202 valence electrons. The van der Waals surface area contributed by atoms with Crippen LogP contribution in [0.2, 0.25) is 0 Å². The maximum atomic E-state index is 11.7. The molecule has 0 atom stereocenters. The fraction of sp³-hybridized carbons (Fsp3) is 0.481. The highest BCUT2D eigenvalue weighted by Crippen LogP contribution is 2.31. The molecule has 1 fully saturated rings. The summed E-state index contributed by atoms with van der Waals surface area (Å²) < 4.78 is 0. The SMILES string of the molecule is CCC(=O)Nc1ccc(Sc2nc(Nc3cc(C)[nH]n3)cc(N3CCC(N(C)C(C)(C)C)CC3)n2)cc1.[HH].[HH]. The molecular formula is C27H42N8OS.